The summed E-state index contributed by atoms with van der Waals surface area (Å²) >= 11 is 0. The van der Waals surface area contributed by atoms with Crippen LogP contribution in [0.5, 0.6) is 0 Å². The normalized spacial score (nSPS) is 21.7. The molecule has 0 unspecified atom stereocenters. The average molecular weight is 348 g/mol. The topological polar surface area (TPSA) is 55.8 Å². The molecule has 140 valence electrons. The quantitative estimate of drug-likeness (QED) is 0.792. The Morgan fingerprint density at radius 2 is 2.04 bits per heavy atom. The molecule has 1 saturated heterocycles. The van der Waals surface area contributed by atoms with E-state index in [2.05, 4.69) is 41.1 Å². The van der Waals surface area contributed by atoms with E-state index in [0.717, 1.165) is 26.1 Å². The molecule has 1 aliphatic heterocycles. The van der Waals surface area contributed by atoms with Gasteiger partial charge in [0.1, 0.15) is 0 Å². The molecular formula is C20H33N3O2. The zero-order valence-electron chi connectivity index (χ0n) is 16.0. The molecule has 0 saturated carbocycles. The first-order valence-electron chi connectivity index (χ1n) is 9.40. The van der Waals surface area contributed by atoms with E-state index in [1.54, 1.807) is 0 Å². The summed E-state index contributed by atoms with van der Waals surface area (Å²) < 4.78 is 0. The van der Waals surface area contributed by atoms with E-state index in [4.69, 9.17) is 0 Å². The molecule has 1 amide bonds. The van der Waals surface area contributed by atoms with Gasteiger partial charge >= 0.3 is 0 Å². The van der Waals surface area contributed by atoms with Gasteiger partial charge in [0, 0.05) is 32.2 Å². The molecular weight excluding hydrogens is 314 g/mol. The van der Waals surface area contributed by atoms with Crippen molar-refractivity contribution in [1.82, 2.24) is 15.1 Å². The number of aryl methyl sites for hydroxylation is 1. The number of aliphatic hydroxyl groups excluding tert-OH is 1. The fourth-order valence-electron chi connectivity index (χ4n) is 3.71. The molecule has 1 aliphatic rings. The second-order valence-electron chi connectivity index (χ2n) is 7.29. The van der Waals surface area contributed by atoms with Crippen LogP contribution in [0.1, 0.15) is 44.4 Å². The molecule has 1 heterocycles. The minimum absolute atomic E-state index is 0.0206. The molecule has 3 atom stereocenters. The third-order valence-corrected chi connectivity index (χ3v) is 5.06. The zero-order valence-corrected chi connectivity index (χ0v) is 16.0. The van der Waals surface area contributed by atoms with E-state index in [0.29, 0.717) is 19.1 Å². The van der Waals surface area contributed by atoms with E-state index >= 15 is 0 Å². The third-order valence-electron chi connectivity index (χ3n) is 5.06. The maximum absolute atomic E-state index is 12.5. The summed E-state index contributed by atoms with van der Waals surface area (Å²) in [6.45, 7) is 11.9. The van der Waals surface area contributed by atoms with Crippen molar-refractivity contribution in [2.45, 2.75) is 52.3 Å². The van der Waals surface area contributed by atoms with Gasteiger partial charge in [-0.15, -0.1) is 0 Å². The van der Waals surface area contributed by atoms with Crippen LogP contribution in [0.25, 0.3) is 0 Å². The van der Waals surface area contributed by atoms with Gasteiger partial charge in [-0.1, -0.05) is 31.2 Å². The summed E-state index contributed by atoms with van der Waals surface area (Å²) in [5, 5.41) is 12.8. The van der Waals surface area contributed by atoms with E-state index in [1.165, 1.54) is 11.1 Å². The SMILES string of the molecule is CC[C@@H]1CN(CC(=O)N[C@H](C)c2ccccc2C)CCN1C[C@@H](C)O. The predicted molar refractivity (Wildman–Crippen MR) is 102 cm³/mol. The fourth-order valence-corrected chi connectivity index (χ4v) is 3.71. The van der Waals surface area contributed by atoms with Crippen molar-refractivity contribution in [2.24, 2.45) is 0 Å². The minimum atomic E-state index is -0.307. The van der Waals surface area contributed by atoms with Gasteiger partial charge in [0.05, 0.1) is 18.7 Å². The van der Waals surface area contributed by atoms with Crippen LogP contribution in [0.2, 0.25) is 0 Å². The summed E-state index contributed by atoms with van der Waals surface area (Å²) in [6.07, 6.45) is 0.726. The van der Waals surface area contributed by atoms with E-state index in [1.807, 2.05) is 26.0 Å². The fraction of sp³-hybridized carbons (Fsp3) is 0.650. The van der Waals surface area contributed by atoms with Crippen molar-refractivity contribution in [1.29, 1.82) is 0 Å². The van der Waals surface area contributed by atoms with Gasteiger partial charge in [-0.3, -0.25) is 14.6 Å². The van der Waals surface area contributed by atoms with Crippen LogP contribution in [-0.2, 0) is 4.79 Å². The van der Waals surface area contributed by atoms with Crippen molar-refractivity contribution in [3.63, 3.8) is 0 Å². The van der Waals surface area contributed by atoms with E-state index < -0.39 is 0 Å². The van der Waals surface area contributed by atoms with E-state index in [9.17, 15) is 9.90 Å². The Kier molecular flexibility index (Phi) is 7.41. The summed E-state index contributed by atoms with van der Waals surface area (Å²) in [7, 11) is 0. The first kappa shape index (κ1) is 19.9. The number of piperazine rings is 1. The summed E-state index contributed by atoms with van der Waals surface area (Å²) in [4.78, 5) is 17.0. The lowest BCUT2D eigenvalue weighted by Gasteiger charge is -2.41. The van der Waals surface area contributed by atoms with Gasteiger partial charge in [-0.05, 0) is 38.3 Å². The Labute approximate surface area is 152 Å². The lowest BCUT2D eigenvalue weighted by Crippen LogP contribution is -2.56. The van der Waals surface area contributed by atoms with Gasteiger partial charge in [-0.25, -0.2) is 0 Å². The summed E-state index contributed by atoms with van der Waals surface area (Å²) in [6, 6.07) is 8.61. The Morgan fingerprint density at radius 1 is 1.32 bits per heavy atom. The van der Waals surface area contributed by atoms with E-state index in [-0.39, 0.29) is 18.1 Å². The summed E-state index contributed by atoms with van der Waals surface area (Å²) in [5.74, 6) is 0.0783. The second kappa shape index (κ2) is 9.32. The maximum Gasteiger partial charge on any atom is 0.234 e. The number of carbonyl (C=O) groups is 1. The van der Waals surface area contributed by atoms with Crippen molar-refractivity contribution in [2.75, 3.05) is 32.7 Å². The van der Waals surface area contributed by atoms with Crippen molar-refractivity contribution < 1.29 is 9.90 Å². The highest BCUT2D eigenvalue weighted by molar-refractivity contribution is 5.78. The number of β-amino-alcohol motifs (C(OH)–C–C–N with tert-alkyl or cyclic N) is 1. The van der Waals surface area contributed by atoms with Crippen molar-refractivity contribution in [3.05, 3.63) is 35.4 Å². The monoisotopic (exact) mass is 347 g/mol. The Morgan fingerprint density at radius 3 is 2.68 bits per heavy atom. The number of hydrogen-bond acceptors (Lipinski definition) is 4. The highest BCUT2D eigenvalue weighted by Crippen LogP contribution is 2.17. The van der Waals surface area contributed by atoms with Crippen LogP contribution in [0.3, 0.4) is 0 Å². The molecule has 0 aliphatic carbocycles. The Balaban J connectivity index is 1.85. The van der Waals surface area contributed by atoms with Gasteiger partial charge < -0.3 is 10.4 Å². The van der Waals surface area contributed by atoms with Crippen LogP contribution < -0.4 is 5.32 Å². The first-order valence-corrected chi connectivity index (χ1v) is 9.40. The second-order valence-corrected chi connectivity index (χ2v) is 7.29. The van der Waals surface area contributed by atoms with Crippen molar-refractivity contribution >= 4 is 5.91 Å². The molecule has 0 bridgehead atoms. The maximum atomic E-state index is 12.5. The molecule has 5 nitrogen and oxygen atoms in total. The van der Waals surface area contributed by atoms with Gasteiger partial charge in [0.25, 0.3) is 0 Å². The molecule has 1 aromatic rings. The largest absolute Gasteiger partial charge is 0.392 e. The predicted octanol–water partition coefficient (Wildman–Crippen LogP) is 1.95. The highest BCUT2D eigenvalue weighted by atomic mass is 16.3. The van der Waals surface area contributed by atoms with Crippen LogP contribution in [0.15, 0.2) is 24.3 Å². The van der Waals surface area contributed by atoms with Crippen LogP contribution in [0.4, 0.5) is 0 Å². The molecule has 1 fully saturated rings. The number of nitrogens with one attached hydrogen (secondary N) is 1. The van der Waals surface area contributed by atoms with Gasteiger partial charge in [0.2, 0.25) is 5.91 Å². The summed E-state index contributed by atoms with van der Waals surface area (Å²) in [5.41, 5.74) is 2.37. The molecule has 0 radical (unpaired) electrons. The van der Waals surface area contributed by atoms with Gasteiger partial charge in [-0.2, -0.15) is 0 Å². The molecule has 1 aromatic carbocycles. The smallest absolute Gasteiger partial charge is 0.234 e. The van der Waals surface area contributed by atoms with Gasteiger partial charge in [0.15, 0.2) is 0 Å². The zero-order chi connectivity index (χ0) is 18.4. The number of carbonyl (C=O) groups excluding carboxylic acids is 1. The number of amides is 1. The molecule has 0 spiro atoms. The van der Waals surface area contributed by atoms with Crippen molar-refractivity contribution in [3.8, 4) is 0 Å². The number of nitrogens with zero attached hydrogens (tertiary/aromatic N) is 2. The molecule has 2 rings (SSSR count). The number of hydrogen-bond donors (Lipinski definition) is 2. The lowest BCUT2D eigenvalue weighted by atomic mass is 10.0. The highest BCUT2D eigenvalue weighted by Gasteiger charge is 2.27. The molecule has 25 heavy (non-hydrogen) atoms. The van der Waals surface area contributed by atoms with Crippen LogP contribution in [-0.4, -0.2) is 65.7 Å². The molecule has 0 aromatic heterocycles. The van der Waals surface area contributed by atoms with Crippen LogP contribution in [0, 0.1) is 6.92 Å². The first-order chi connectivity index (χ1) is 11.9. The average Bonchev–Trinajstić information content (AvgIpc) is 2.56. The Bertz CT molecular complexity index is 562. The molecule has 5 heteroatoms. The minimum Gasteiger partial charge on any atom is -0.392 e. The number of rotatable bonds is 7. The Hall–Kier alpha value is -1.43. The lowest BCUT2D eigenvalue weighted by molar-refractivity contribution is -0.123. The molecule has 2 N–H and O–H groups in total. The standard InChI is InChI=1S/C20H33N3O2/c1-5-18-13-22(10-11-23(18)12-16(3)24)14-20(25)21-17(4)19-9-7-6-8-15(19)2/h6-9,16-18,24H,5,10-14H2,1-4H3,(H,21,25)/t16-,17-,18-/m1/s1. The van der Waals surface area contributed by atoms with Crippen LogP contribution >= 0.6 is 0 Å². The number of benzene rings is 1. The third kappa shape index (κ3) is 5.80. The number of aliphatic hydroxyl groups is 1.